The van der Waals surface area contributed by atoms with Crippen molar-refractivity contribution in [3.8, 4) is 0 Å². The molecule has 1 aromatic carbocycles. The summed E-state index contributed by atoms with van der Waals surface area (Å²) in [5.41, 5.74) is 2.35. The molecule has 2 heterocycles. The number of likely N-dealkylation sites (N-methyl/N-ethyl adjacent to an activating group) is 1. The number of fused-ring (bicyclic) bond motifs is 1. The van der Waals surface area contributed by atoms with Crippen LogP contribution in [0.5, 0.6) is 0 Å². The number of hydrogen-bond donors (Lipinski definition) is 0. The fourth-order valence-electron chi connectivity index (χ4n) is 2.82. The van der Waals surface area contributed by atoms with Crippen LogP contribution >= 0.6 is 35.3 Å². The van der Waals surface area contributed by atoms with Crippen LogP contribution in [-0.2, 0) is 0 Å². The molecule has 3 aromatic rings. The standard InChI is InChI=1S/C19H24ClN5OS.ClH/c1-12(2)25-15(8-9-21-25)18(26)24(11-10-23(4)5)19-22-17-13(3)14(20)6-7-16(17)27-19;/h6-9,12H,10-11H2,1-5H3;1H. The van der Waals surface area contributed by atoms with Gasteiger partial charge in [0.25, 0.3) is 5.91 Å². The molecule has 0 aliphatic carbocycles. The number of carbonyl (C=O) groups is 1. The van der Waals surface area contributed by atoms with Gasteiger partial charge in [-0.05, 0) is 58.6 Å². The van der Waals surface area contributed by atoms with Gasteiger partial charge in [0.1, 0.15) is 5.69 Å². The molecule has 0 aliphatic heterocycles. The first kappa shape index (κ1) is 22.6. The predicted molar refractivity (Wildman–Crippen MR) is 119 cm³/mol. The van der Waals surface area contributed by atoms with Crippen molar-refractivity contribution in [2.75, 3.05) is 32.1 Å². The number of rotatable bonds is 6. The first-order chi connectivity index (χ1) is 12.8. The SMILES string of the molecule is Cc1c(Cl)ccc2sc(N(CCN(C)C)C(=O)c3ccnn3C(C)C)nc12.Cl. The molecule has 0 saturated heterocycles. The molecule has 0 aliphatic rings. The van der Waals surface area contributed by atoms with E-state index in [-0.39, 0.29) is 24.4 Å². The molecule has 0 fully saturated rings. The lowest BCUT2D eigenvalue weighted by Crippen LogP contribution is -2.38. The van der Waals surface area contributed by atoms with E-state index in [1.54, 1.807) is 21.8 Å². The minimum atomic E-state index is -0.0918. The quantitative estimate of drug-likeness (QED) is 0.557. The van der Waals surface area contributed by atoms with E-state index in [4.69, 9.17) is 16.6 Å². The summed E-state index contributed by atoms with van der Waals surface area (Å²) in [5, 5.41) is 5.66. The van der Waals surface area contributed by atoms with E-state index in [9.17, 15) is 4.79 Å². The second-order valence-corrected chi connectivity index (χ2v) is 8.45. The van der Waals surface area contributed by atoms with Gasteiger partial charge in [-0.1, -0.05) is 22.9 Å². The number of benzene rings is 1. The maximum Gasteiger partial charge on any atom is 0.278 e. The summed E-state index contributed by atoms with van der Waals surface area (Å²) in [6.07, 6.45) is 1.67. The summed E-state index contributed by atoms with van der Waals surface area (Å²) in [4.78, 5) is 21.9. The van der Waals surface area contributed by atoms with Crippen LogP contribution in [0.4, 0.5) is 5.13 Å². The van der Waals surface area contributed by atoms with Crippen molar-refractivity contribution in [3.05, 3.63) is 40.7 Å². The molecule has 9 heteroatoms. The van der Waals surface area contributed by atoms with Gasteiger partial charge in [0.15, 0.2) is 5.13 Å². The molecule has 0 N–H and O–H groups in total. The molecule has 0 bridgehead atoms. The highest BCUT2D eigenvalue weighted by molar-refractivity contribution is 7.22. The number of carbonyl (C=O) groups excluding carboxylic acids is 1. The van der Waals surface area contributed by atoms with Gasteiger partial charge in [0.05, 0.1) is 10.2 Å². The molecule has 0 atom stereocenters. The van der Waals surface area contributed by atoms with Crippen LogP contribution in [-0.4, -0.2) is 52.8 Å². The van der Waals surface area contributed by atoms with Crippen LogP contribution in [0.3, 0.4) is 0 Å². The minimum Gasteiger partial charge on any atom is -0.308 e. The molecule has 6 nitrogen and oxygen atoms in total. The Balaban J connectivity index is 0.00000280. The van der Waals surface area contributed by atoms with Gasteiger partial charge in [0.2, 0.25) is 0 Å². The third kappa shape index (κ3) is 4.49. The second-order valence-electron chi connectivity index (χ2n) is 7.03. The van der Waals surface area contributed by atoms with Crippen molar-refractivity contribution < 1.29 is 4.79 Å². The zero-order chi connectivity index (χ0) is 19.7. The Morgan fingerprint density at radius 1 is 1.25 bits per heavy atom. The number of hydrogen-bond acceptors (Lipinski definition) is 5. The normalized spacial score (nSPS) is 11.3. The molecule has 2 aromatic heterocycles. The Kier molecular flexibility index (Phi) is 7.45. The highest BCUT2D eigenvalue weighted by Gasteiger charge is 2.25. The lowest BCUT2D eigenvalue weighted by atomic mass is 10.2. The van der Waals surface area contributed by atoms with E-state index >= 15 is 0 Å². The summed E-state index contributed by atoms with van der Waals surface area (Å²) < 4.78 is 2.77. The minimum absolute atomic E-state index is 0. The molecule has 0 radical (unpaired) electrons. The molecule has 0 unspecified atom stereocenters. The largest absolute Gasteiger partial charge is 0.308 e. The van der Waals surface area contributed by atoms with Gasteiger partial charge in [-0.15, -0.1) is 12.4 Å². The van der Waals surface area contributed by atoms with Gasteiger partial charge in [0, 0.05) is 30.4 Å². The second kappa shape index (κ2) is 9.22. The van der Waals surface area contributed by atoms with Crippen LogP contribution in [0.25, 0.3) is 10.2 Å². The molecule has 152 valence electrons. The maximum atomic E-state index is 13.4. The van der Waals surface area contributed by atoms with Crippen molar-refractivity contribution in [1.29, 1.82) is 0 Å². The zero-order valence-electron chi connectivity index (χ0n) is 16.6. The molecular weight excluding hydrogens is 417 g/mol. The summed E-state index contributed by atoms with van der Waals surface area (Å²) in [6, 6.07) is 5.70. The smallest absolute Gasteiger partial charge is 0.278 e. The number of aromatic nitrogens is 3. The van der Waals surface area contributed by atoms with Gasteiger partial charge in [-0.25, -0.2) is 4.98 Å². The molecular formula is C19H25Cl2N5OS. The summed E-state index contributed by atoms with van der Waals surface area (Å²) in [6.45, 7) is 7.25. The van der Waals surface area contributed by atoms with Crippen molar-refractivity contribution in [1.82, 2.24) is 19.7 Å². The number of anilines is 1. The number of thiazole rings is 1. The lowest BCUT2D eigenvalue weighted by molar-refractivity contribution is 0.0973. The van der Waals surface area contributed by atoms with E-state index in [1.807, 2.05) is 47.0 Å². The van der Waals surface area contributed by atoms with Gasteiger partial charge in [-0.3, -0.25) is 14.4 Å². The van der Waals surface area contributed by atoms with Gasteiger partial charge >= 0.3 is 0 Å². The summed E-state index contributed by atoms with van der Waals surface area (Å²) in [5.74, 6) is -0.0918. The fraction of sp³-hybridized carbons (Fsp3) is 0.421. The predicted octanol–water partition coefficient (Wildman–Crippen LogP) is 4.67. The van der Waals surface area contributed by atoms with Crippen molar-refractivity contribution in [2.24, 2.45) is 0 Å². The number of amides is 1. The average molecular weight is 442 g/mol. The average Bonchev–Trinajstić information content (AvgIpc) is 3.25. The third-order valence-corrected chi connectivity index (χ3v) is 5.82. The van der Waals surface area contributed by atoms with E-state index in [0.29, 0.717) is 22.4 Å². The molecule has 1 amide bonds. The van der Waals surface area contributed by atoms with Crippen molar-refractivity contribution in [3.63, 3.8) is 0 Å². The third-order valence-electron chi connectivity index (χ3n) is 4.36. The van der Waals surface area contributed by atoms with Crippen molar-refractivity contribution >= 4 is 56.6 Å². The topological polar surface area (TPSA) is 54.3 Å². The first-order valence-corrected chi connectivity index (χ1v) is 10.0. The van der Waals surface area contributed by atoms with Crippen LogP contribution in [0, 0.1) is 6.92 Å². The number of halogens is 2. The van der Waals surface area contributed by atoms with Crippen LogP contribution in [0.15, 0.2) is 24.4 Å². The van der Waals surface area contributed by atoms with Crippen LogP contribution in [0.1, 0.15) is 35.9 Å². The van der Waals surface area contributed by atoms with Crippen LogP contribution in [0.2, 0.25) is 5.02 Å². The van der Waals surface area contributed by atoms with E-state index in [1.165, 1.54) is 11.3 Å². The molecule has 0 saturated carbocycles. The lowest BCUT2D eigenvalue weighted by Gasteiger charge is -2.22. The molecule has 3 rings (SSSR count). The van der Waals surface area contributed by atoms with E-state index < -0.39 is 0 Å². The molecule has 28 heavy (non-hydrogen) atoms. The maximum absolute atomic E-state index is 13.4. The van der Waals surface area contributed by atoms with Crippen LogP contribution < -0.4 is 4.90 Å². The Hall–Kier alpha value is -1.67. The van der Waals surface area contributed by atoms with Crippen molar-refractivity contribution in [2.45, 2.75) is 26.8 Å². The number of nitrogens with zero attached hydrogens (tertiary/aromatic N) is 5. The Morgan fingerprint density at radius 3 is 2.61 bits per heavy atom. The highest BCUT2D eigenvalue weighted by atomic mass is 35.5. The number of aryl methyl sites for hydroxylation is 1. The Labute approximate surface area is 180 Å². The monoisotopic (exact) mass is 441 g/mol. The van der Waals surface area contributed by atoms with Gasteiger partial charge < -0.3 is 4.90 Å². The van der Waals surface area contributed by atoms with Gasteiger partial charge in [-0.2, -0.15) is 5.10 Å². The van der Waals surface area contributed by atoms with E-state index in [0.717, 1.165) is 22.3 Å². The summed E-state index contributed by atoms with van der Waals surface area (Å²) >= 11 is 7.75. The van der Waals surface area contributed by atoms with E-state index in [2.05, 4.69) is 10.00 Å². The molecule has 0 spiro atoms. The summed E-state index contributed by atoms with van der Waals surface area (Å²) in [7, 11) is 3.98. The first-order valence-electron chi connectivity index (χ1n) is 8.85. The highest BCUT2D eigenvalue weighted by Crippen LogP contribution is 2.34. The fourth-order valence-corrected chi connectivity index (χ4v) is 4.02. The Bertz CT molecular complexity index is 967. The zero-order valence-corrected chi connectivity index (χ0v) is 19.0. The Morgan fingerprint density at radius 2 is 1.96 bits per heavy atom.